The maximum Gasteiger partial charge on any atom is 0.231 e. The van der Waals surface area contributed by atoms with Gasteiger partial charge in [-0.15, -0.1) is 0 Å². The third-order valence-electron chi connectivity index (χ3n) is 4.60. The first-order chi connectivity index (χ1) is 14.1. The van der Waals surface area contributed by atoms with Crippen LogP contribution in [0.2, 0.25) is 0 Å². The van der Waals surface area contributed by atoms with E-state index in [2.05, 4.69) is 15.3 Å². The maximum atomic E-state index is 12.7. The number of rotatable bonds is 6. The van der Waals surface area contributed by atoms with Crippen LogP contribution in [0.15, 0.2) is 73.2 Å². The molecular formula is C23H16N4O2. The number of H-pyrrole nitrogens is 1. The van der Waals surface area contributed by atoms with Crippen LogP contribution in [0.1, 0.15) is 21.5 Å². The first-order valence-electron chi connectivity index (χ1n) is 8.99. The van der Waals surface area contributed by atoms with E-state index < -0.39 is 11.6 Å². The Kier molecular flexibility index (Phi) is 4.87. The highest BCUT2D eigenvalue weighted by Crippen LogP contribution is 2.21. The van der Waals surface area contributed by atoms with Crippen LogP contribution in [0.3, 0.4) is 0 Å². The Morgan fingerprint density at radius 2 is 1.72 bits per heavy atom. The van der Waals surface area contributed by atoms with Crippen molar-refractivity contribution in [2.45, 2.75) is 6.42 Å². The van der Waals surface area contributed by atoms with Crippen LogP contribution < -0.4 is 5.32 Å². The fourth-order valence-electron chi connectivity index (χ4n) is 3.10. The molecule has 4 aromatic rings. The standard InChI is InChI=1S/C23H16N4O2/c24-13-16-3-6-21-19(11-16)20(14-26-21)23(29)22(28)12-15-1-4-17(5-2-15)27-18-7-9-25-10-8-18/h1-11,14,26H,12H2,(H,25,27). The fraction of sp³-hybridized carbons (Fsp3) is 0.0435. The molecule has 2 aromatic heterocycles. The molecule has 2 aromatic carbocycles. The lowest BCUT2D eigenvalue weighted by Gasteiger charge is -2.07. The third-order valence-corrected chi connectivity index (χ3v) is 4.60. The Hall–Kier alpha value is -4.24. The van der Waals surface area contributed by atoms with E-state index in [0.29, 0.717) is 16.5 Å². The molecule has 0 saturated carbocycles. The molecule has 0 aliphatic carbocycles. The number of hydrogen-bond acceptors (Lipinski definition) is 5. The summed E-state index contributed by atoms with van der Waals surface area (Å²) in [5, 5.41) is 12.9. The summed E-state index contributed by atoms with van der Waals surface area (Å²) >= 11 is 0. The molecule has 140 valence electrons. The molecule has 2 heterocycles. The predicted octanol–water partition coefficient (Wildman–Crippen LogP) is 4.17. The summed E-state index contributed by atoms with van der Waals surface area (Å²) in [6, 6.07) is 18.1. The largest absolute Gasteiger partial charge is 0.360 e. The van der Waals surface area contributed by atoms with Crippen molar-refractivity contribution in [1.82, 2.24) is 9.97 Å². The van der Waals surface area contributed by atoms with E-state index in [-0.39, 0.29) is 12.0 Å². The van der Waals surface area contributed by atoms with Crippen LogP contribution in [0, 0.1) is 11.3 Å². The van der Waals surface area contributed by atoms with Crippen LogP contribution in [0.25, 0.3) is 10.9 Å². The van der Waals surface area contributed by atoms with Gasteiger partial charge >= 0.3 is 0 Å². The second kappa shape index (κ2) is 7.79. The highest BCUT2D eigenvalue weighted by Gasteiger charge is 2.20. The second-order valence-corrected chi connectivity index (χ2v) is 6.56. The van der Waals surface area contributed by atoms with Crippen molar-refractivity contribution in [3.8, 4) is 6.07 Å². The van der Waals surface area contributed by atoms with Crippen molar-refractivity contribution < 1.29 is 9.59 Å². The van der Waals surface area contributed by atoms with Crippen LogP contribution in [-0.4, -0.2) is 21.5 Å². The molecule has 0 unspecified atom stereocenters. The minimum atomic E-state index is -0.565. The molecule has 2 N–H and O–H groups in total. The molecule has 0 atom stereocenters. The first-order valence-corrected chi connectivity index (χ1v) is 8.99. The number of benzene rings is 2. The Bertz CT molecular complexity index is 1240. The molecule has 0 amide bonds. The molecule has 6 nitrogen and oxygen atoms in total. The molecule has 29 heavy (non-hydrogen) atoms. The van der Waals surface area contributed by atoms with E-state index in [4.69, 9.17) is 5.26 Å². The van der Waals surface area contributed by atoms with Gasteiger partial charge in [0.05, 0.1) is 17.2 Å². The number of Topliss-reactive ketones (excluding diaryl/α,β-unsaturated/α-hetero) is 2. The van der Waals surface area contributed by atoms with Crippen molar-refractivity contribution in [1.29, 1.82) is 5.26 Å². The van der Waals surface area contributed by atoms with Gasteiger partial charge in [-0.2, -0.15) is 5.26 Å². The number of aromatic nitrogens is 2. The van der Waals surface area contributed by atoms with E-state index in [1.165, 1.54) is 6.20 Å². The topological polar surface area (TPSA) is 98.6 Å². The zero-order chi connectivity index (χ0) is 20.2. The van der Waals surface area contributed by atoms with Crippen LogP contribution in [0.5, 0.6) is 0 Å². The van der Waals surface area contributed by atoms with Crippen molar-refractivity contribution >= 4 is 33.8 Å². The molecule has 0 spiro atoms. The summed E-state index contributed by atoms with van der Waals surface area (Å²) in [5.74, 6) is -1.06. The monoisotopic (exact) mass is 380 g/mol. The number of nitrogens with zero attached hydrogens (tertiary/aromatic N) is 2. The zero-order valence-electron chi connectivity index (χ0n) is 15.3. The summed E-state index contributed by atoms with van der Waals surface area (Å²) in [5.41, 5.74) is 3.98. The molecular weight excluding hydrogens is 364 g/mol. The van der Waals surface area contributed by atoms with Gasteiger partial charge in [0.15, 0.2) is 0 Å². The Balaban J connectivity index is 1.48. The lowest BCUT2D eigenvalue weighted by atomic mass is 10.00. The Morgan fingerprint density at radius 3 is 2.45 bits per heavy atom. The molecule has 0 radical (unpaired) electrons. The molecule has 4 rings (SSSR count). The summed E-state index contributed by atoms with van der Waals surface area (Å²) < 4.78 is 0. The van der Waals surface area contributed by atoms with Crippen molar-refractivity contribution in [2.75, 3.05) is 5.32 Å². The molecule has 0 bridgehead atoms. The summed E-state index contributed by atoms with van der Waals surface area (Å²) in [7, 11) is 0. The van der Waals surface area contributed by atoms with Gasteiger partial charge in [-0.1, -0.05) is 12.1 Å². The predicted molar refractivity (Wildman–Crippen MR) is 110 cm³/mol. The van der Waals surface area contributed by atoms with Gasteiger partial charge in [0, 0.05) is 47.3 Å². The minimum absolute atomic E-state index is 0.0129. The number of hydrogen-bond donors (Lipinski definition) is 2. The summed E-state index contributed by atoms with van der Waals surface area (Å²) in [4.78, 5) is 32.1. The van der Waals surface area contributed by atoms with Crippen LogP contribution in [0.4, 0.5) is 11.4 Å². The van der Waals surface area contributed by atoms with Crippen LogP contribution >= 0.6 is 0 Å². The number of nitriles is 1. The van der Waals surface area contributed by atoms with Gasteiger partial charge in [-0.25, -0.2) is 0 Å². The number of carbonyl (C=O) groups is 2. The second-order valence-electron chi connectivity index (χ2n) is 6.56. The van der Waals surface area contributed by atoms with Crippen LogP contribution in [-0.2, 0) is 11.2 Å². The number of fused-ring (bicyclic) bond motifs is 1. The molecule has 0 fully saturated rings. The van der Waals surface area contributed by atoms with Gasteiger partial charge in [0.2, 0.25) is 11.6 Å². The van der Waals surface area contributed by atoms with Crippen molar-refractivity contribution in [3.05, 3.63) is 89.9 Å². The Labute approximate surface area is 166 Å². The van der Waals surface area contributed by atoms with E-state index in [0.717, 1.165) is 16.9 Å². The lowest BCUT2D eigenvalue weighted by molar-refractivity contribution is -0.114. The summed E-state index contributed by atoms with van der Waals surface area (Å²) in [6.07, 6.45) is 4.93. The highest BCUT2D eigenvalue weighted by molar-refractivity contribution is 6.46. The number of ketones is 2. The highest BCUT2D eigenvalue weighted by atomic mass is 16.2. The van der Waals surface area contributed by atoms with Crippen molar-refractivity contribution in [3.63, 3.8) is 0 Å². The number of pyridine rings is 1. The number of anilines is 2. The van der Waals surface area contributed by atoms with E-state index >= 15 is 0 Å². The molecule has 0 saturated heterocycles. The maximum absolute atomic E-state index is 12.7. The number of aromatic amines is 1. The summed E-state index contributed by atoms with van der Waals surface area (Å²) in [6.45, 7) is 0. The van der Waals surface area contributed by atoms with E-state index in [1.54, 1.807) is 30.6 Å². The van der Waals surface area contributed by atoms with Gasteiger partial charge < -0.3 is 10.3 Å². The normalized spacial score (nSPS) is 10.4. The fourth-order valence-corrected chi connectivity index (χ4v) is 3.10. The van der Waals surface area contributed by atoms with E-state index in [1.807, 2.05) is 42.5 Å². The molecule has 0 aliphatic rings. The molecule has 6 heteroatoms. The number of nitrogens with one attached hydrogen (secondary N) is 2. The van der Waals surface area contributed by atoms with E-state index in [9.17, 15) is 9.59 Å². The quantitative estimate of drug-likeness (QED) is 0.386. The SMILES string of the molecule is N#Cc1ccc2[nH]cc(C(=O)C(=O)Cc3ccc(Nc4ccncc4)cc3)c2c1. The molecule has 0 aliphatic heterocycles. The third kappa shape index (κ3) is 3.89. The smallest absolute Gasteiger partial charge is 0.231 e. The lowest BCUT2D eigenvalue weighted by Crippen LogP contribution is -2.16. The van der Waals surface area contributed by atoms with Gasteiger partial charge in [0.1, 0.15) is 0 Å². The number of carbonyl (C=O) groups excluding carboxylic acids is 2. The Morgan fingerprint density at radius 1 is 1.00 bits per heavy atom. The van der Waals surface area contributed by atoms with Crippen molar-refractivity contribution in [2.24, 2.45) is 0 Å². The average Bonchev–Trinajstić information content (AvgIpc) is 3.18. The minimum Gasteiger partial charge on any atom is -0.360 e. The van der Waals surface area contributed by atoms with Gasteiger partial charge in [0.25, 0.3) is 0 Å². The first kappa shape index (κ1) is 18.1. The van der Waals surface area contributed by atoms with Gasteiger partial charge in [-0.3, -0.25) is 14.6 Å². The van der Waals surface area contributed by atoms with Gasteiger partial charge in [-0.05, 0) is 48.0 Å². The average molecular weight is 380 g/mol. The zero-order valence-corrected chi connectivity index (χ0v) is 15.3.